The minimum atomic E-state index is -0.227. The molecule has 45 heavy (non-hydrogen) atoms. The zero-order chi connectivity index (χ0) is 33.6. The van der Waals surface area contributed by atoms with Gasteiger partial charge in [0.1, 0.15) is 5.75 Å². The van der Waals surface area contributed by atoms with Gasteiger partial charge in [-0.2, -0.15) is 0 Å². The number of hydrogen-bond acceptors (Lipinski definition) is 2. The van der Waals surface area contributed by atoms with Crippen molar-refractivity contribution in [1.82, 2.24) is 0 Å². The summed E-state index contributed by atoms with van der Waals surface area (Å²) in [4.78, 5) is 13.9. The Balaban J connectivity index is 2.51. The highest BCUT2D eigenvalue weighted by molar-refractivity contribution is 6.11. The summed E-state index contributed by atoms with van der Waals surface area (Å²) >= 11 is 0. The summed E-state index contributed by atoms with van der Waals surface area (Å²) in [6.07, 6.45) is 26.2. The Morgan fingerprint density at radius 2 is 1.18 bits per heavy atom. The number of unbranched alkanes of at least 4 members (excludes halogenated alkanes) is 10. The summed E-state index contributed by atoms with van der Waals surface area (Å²) in [6, 6.07) is 4.43. The Morgan fingerprint density at radius 3 is 1.67 bits per heavy atom. The molecule has 2 nitrogen and oxygen atoms in total. The van der Waals surface area contributed by atoms with Crippen molar-refractivity contribution in [3.63, 3.8) is 0 Å². The topological polar surface area (TPSA) is 37.3 Å². The van der Waals surface area contributed by atoms with Crippen LogP contribution in [-0.2, 0) is 10.2 Å². The maximum Gasteiger partial charge on any atom is 0.185 e. The highest BCUT2D eigenvalue weighted by Gasteiger charge is 2.32. The van der Waals surface area contributed by atoms with Gasteiger partial charge < -0.3 is 5.11 Å². The highest BCUT2D eigenvalue weighted by Crippen LogP contribution is 2.42. The van der Waals surface area contributed by atoms with Gasteiger partial charge in [0, 0.05) is 16.7 Å². The van der Waals surface area contributed by atoms with Crippen LogP contribution in [0, 0.1) is 11.3 Å². The lowest BCUT2D eigenvalue weighted by atomic mass is 9.74. The molecule has 254 valence electrons. The molecule has 0 heterocycles. The SMILES string of the molecule is CCCCCCCCC(CC)C1=CC(=Cc2cc(C(CC)CCCCCCCC)c(O)c(C(C)(C)C)c2)C=C(C(C)(C)C)C1=O. The first-order valence-corrected chi connectivity index (χ1v) is 18.9. The van der Waals surface area contributed by atoms with Crippen molar-refractivity contribution in [2.45, 2.75) is 183 Å². The van der Waals surface area contributed by atoms with Gasteiger partial charge >= 0.3 is 0 Å². The predicted molar refractivity (Wildman–Crippen MR) is 198 cm³/mol. The van der Waals surface area contributed by atoms with Crippen LogP contribution in [0.25, 0.3) is 6.08 Å². The van der Waals surface area contributed by atoms with Gasteiger partial charge in [0.25, 0.3) is 0 Å². The van der Waals surface area contributed by atoms with Gasteiger partial charge in [-0.1, -0.05) is 146 Å². The molecule has 2 unspecified atom stereocenters. The first-order chi connectivity index (χ1) is 21.3. The predicted octanol–water partition coefficient (Wildman–Crippen LogP) is 13.6. The van der Waals surface area contributed by atoms with Crippen LogP contribution in [0.5, 0.6) is 5.75 Å². The second-order valence-corrected chi connectivity index (χ2v) is 16.0. The number of rotatable bonds is 19. The van der Waals surface area contributed by atoms with Crippen molar-refractivity contribution < 1.29 is 9.90 Å². The number of hydrogen-bond donors (Lipinski definition) is 1. The molecular formula is C43H70O2. The average Bonchev–Trinajstić information content (AvgIpc) is 2.97. The molecule has 0 bridgehead atoms. The number of phenolic OH excluding ortho intramolecular Hbond substituents is 1. The molecule has 2 heteroatoms. The summed E-state index contributed by atoms with van der Waals surface area (Å²) in [6.45, 7) is 22.1. The fourth-order valence-corrected chi connectivity index (χ4v) is 6.96. The van der Waals surface area contributed by atoms with Crippen LogP contribution in [0.3, 0.4) is 0 Å². The molecule has 1 aliphatic rings. The van der Waals surface area contributed by atoms with Crippen LogP contribution in [0.2, 0.25) is 0 Å². The van der Waals surface area contributed by atoms with E-state index in [4.69, 9.17) is 0 Å². The summed E-state index contributed by atoms with van der Waals surface area (Å²) in [7, 11) is 0. The van der Waals surface area contributed by atoms with Crippen molar-refractivity contribution in [3.05, 3.63) is 57.7 Å². The molecule has 0 spiro atoms. The summed E-state index contributed by atoms with van der Waals surface area (Å²) in [5, 5.41) is 11.6. The number of Topliss-reactive ketones (excluding diaryl/α,β-unsaturated/α-hetero) is 1. The van der Waals surface area contributed by atoms with Gasteiger partial charge in [-0.05, 0) is 95.4 Å². The molecule has 0 amide bonds. The van der Waals surface area contributed by atoms with E-state index in [1.165, 1.54) is 77.0 Å². The third kappa shape index (κ3) is 12.2. The lowest BCUT2D eigenvalue weighted by Gasteiger charge is -2.29. The lowest BCUT2D eigenvalue weighted by Crippen LogP contribution is -2.25. The van der Waals surface area contributed by atoms with Crippen molar-refractivity contribution in [1.29, 1.82) is 0 Å². The fourth-order valence-electron chi connectivity index (χ4n) is 6.96. The summed E-state index contributed by atoms with van der Waals surface area (Å²) in [5.74, 6) is 1.36. The van der Waals surface area contributed by atoms with E-state index in [0.29, 0.717) is 17.6 Å². The molecular weight excluding hydrogens is 548 g/mol. The third-order valence-corrected chi connectivity index (χ3v) is 9.93. The van der Waals surface area contributed by atoms with Gasteiger partial charge in [0.15, 0.2) is 5.78 Å². The number of carbonyl (C=O) groups is 1. The normalized spacial score (nSPS) is 16.6. The zero-order valence-electron chi connectivity index (χ0n) is 31.2. The van der Waals surface area contributed by atoms with Crippen molar-refractivity contribution in [3.8, 4) is 5.75 Å². The first-order valence-electron chi connectivity index (χ1n) is 18.9. The minimum absolute atomic E-state index is 0.174. The molecule has 1 aromatic rings. The molecule has 2 atom stereocenters. The van der Waals surface area contributed by atoms with Crippen LogP contribution in [0.1, 0.15) is 195 Å². The minimum Gasteiger partial charge on any atom is -0.507 e. The van der Waals surface area contributed by atoms with Crippen LogP contribution in [0.4, 0.5) is 0 Å². The van der Waals surface area contributed by atoms with Gasteiger partial charge in [-0.25, -0.2) is 0 Å². The van der Waals surface area contributed by atoms with Crippen LogP contribution in [-0.4, -0.2) is 10.9 Å². The van der Waals surface area contributed by atoms with Crippen molar-refractivity contribution in [2.24, 2.45) is 11.3 Å². The Hall–Kier alpha value is -2.09. The van der Waals surface area contributed by atoms with E-state index in [9.17, 15) is 9.90 Å². The van der Waals surface area contributed by atoms with Gasteiger partial charge in [0.05, 0.1) is 0 Å². The highest BCUT2D eigenvalue weighted by atomic mass is 16.3. The molecule has 0 saturated heterocycles. The number of phenols is 1. The third-order valence-electron chi connectivity index (χ3n) is 9.93. The number of benzene rings is 1. The first kappa shape index (κ1) is 39.1. The second-order valence-electron chi connectivity index (χ2n) is 16.0. The second kappa shape index (κ2) is 18.9. The maximum absolute atomic E-state index is 13.9. The van der Waals surface area contributed by atoms with Gasteiger partial charge in [-0.3, -0.25) is 4.79 Å². The molecule has 1 N–H and O–H groups in total. The Kier molecular flexibility index (Phi) is 16.4. The number of allylic oxidation sites excluding steroid dienone is 5. The van der Waals surface area contributed by atoms with Crippen LogP contribution in [0.15, 0.2) is 41.0 Å². The molecule has 1 aromatic carbocycles. The van der Waals surface area contributed by atoms with E-state index in [1.807, 2.05) is 0 Å². The molecule has 0 saturated carbocycles. The van der Waals surface area contributed by atoms with E-state index < -0.39 is 0 Å². The molecule has 1 aliphatic carbocycles. The summed E-state index contributed by atoms with van der Waals surface area (Å²) < 4.78 is 0. The number of carbonyl (C=O) groups excluding carboxylic acids is 1. The fraction of sp³-hybridized carbons (Fsp3) is 0.698. The monoisotopic (exact) mass is 619 g/mol. The van der Waals surface area contributed by atoms with Crippen LogP contribution >= 0.6 is 0 Å². The zero-order valence-corrected chi connectivity index (χ0v) is 31.2. The Bertz CT molecular complexity index is 1150. The largest absolute Gasteiger partial charge is 0.507 e. The Morgan fingerprint density at radius 1 is 0.667 bits per heavy atom. The van der Waals surface area contributed by atoms with E-state index in [0.717, 1.165) is 59.1 Å². The van der Waals surface area contributed by atoms with E-state index in [1.54, 1.807) is 0 Å². The molecule has 2 rings (SSSR count). The van der Waals surface area contributed by atoms with Crippen molar-refractivity contribution in [2.75, 3.05) is 0 Å². The average molecular weight is 619 g/mol. The lowest BCUT2D eigenvalue weighted by molar-refractivity contribution is -0.113. The number of aromatic hydroxyl groups is 1. The van der Waals surface area contributed by atoms with E-state index in [2.05, 4.69) is 99.6 Å². The molecule has 0 radical (unpaired) electrons. The van der Waals surface area contributed by atoms with Gasteiger partial charge in [-0.15, -0.1) is 0 Å². The molecule has 0 aromatic heterocycles. The van der Waals surface area contributed by atoms with Gasteiger partial charge in [0.2, 0.25) is 0 Å². The van der Waals surface area contributed by atoms with Crippen LogP contribution < -0.4 is 0 Å². The standard InChI is InChI=1S/C43H70O2/c1-11-15-17-19-21-23-25-34(13-3)36-28-32(30-38(40(36)44)42(5,6)7)27-33-29-37(41(45)39(31-33)43(8,9)10)35(14-4)26-24-22-20-18-16-12-2/h27-31,34-35,44H,11-26H2,1-10H3. The number of ketones is 1. The molecule has 0 fully saturated rings. The maximum atomic E-state index is 13.9. The quantitative estimate of drug-likeness (QED) is 0.157. The van der Waals surface area contributed by atoms with E-state index in [-0.39, 0.29) is 16.6 Å². The summed E-state index contributed by atoms with van der Waals surface area (Å²) in [5.41, 5.74) is 5.85. The van der Waals surface area contributed by atoms with Crippen molar-refractivity contribution >= 4 is 11.9 Å². The smallest absolute Gasteiger partial charge is 0.185 e. The van der Waals surface area contributed by atoms with E-state index >= 15 is 0 Å². The molecule has 0 aliphatic heterocycles. The Labute approximate surface area is 279 Å².